The monoisotopic (exact) mass is 385 g/mol. The SMILES string of the molecule is Fc1cccc2[nH]c(CN3CCCC[C@H]3c3nnc(C4CCOCC4)o3)nc12. The van der Waals surface area contributed by atoms with Crippen molar-refractivity contribution in [3.63, 3.8) is 0 Å². The summed E-state index contributed by atoms with van der Waals surface area (Å²) in [6, 6.07) is 5.06. The lowest BCUT2D eigenvalue weighted by molar-refractivity contribution is 0.0766. The molecule has 2 aromatic heterocycles. The summed E-state index contributed by atoms with van der Waals surface area (Å²) in [5.41, 5.74) is 1.12. The van der Waals surface area contributed by atoms with Gasteiger partial charge in [0.15, 0.2) is 5.82 Å². The van der Waals surface area contributed by atoms with Crippen LogP contribution in [0.5, 0.6) is 0 Å². The van der Waals surface area contributed by atoms with Crippen LogP contribution in [-0.2, 0) is 11.3 Å². The van der Waals surface area contributed by atoms with Crippen molar-refractivity contribution < 1.29 is 13.5 Å². The summed E-state index contributed by atoms with van der Waals surface area (Å²) in [5.74, 6) is 2.17. The Kier molecular flexibility index (Phi) is 4.82. The van der Waals surface area contributed by atoms with Gasteiger partial charge in [-0.25, -0.2) is 9.37 Å². The molecule has 0 amide bonds. The summed E-state index contributed by atoms with van der Waals surface area (Å²) in [5, 5.41) is 8.71. The van der Waals surface area contributed by atoms with E-state index in [1.54, 1.807) is 6.07 Å². The number of likely N-dealkylation sites (tertiary alicyclic amines) is 1. The first-order valence-electron chi connectivity index (χ1n) is 10.1. The molecule has 1 N–H and O–H groups in total. The molecule has 4 heterocycles. The Morgan fingerprint density at radius 3 is 2.82 bits per heavy atom. The number of nitrogens with one attached hydrogen (secondary N) is 1. The van der Waals surface area contributed by atoms with Gasteiger partial charge in [-0.05, 0) is 44.4 Å². The normalized spacial score (nSPS) is 22.1. The van der Waals surface area contributed by atoms with Crippen molar-refractivity contribution >= 4 is 11.0 Å². The van der Waals surface area contributed by atoms with E-state index in [9.17, 15) is 4.39 Å². The molecule has 0 radical (unpaired) electrons. The van der Waals surface area contributed by atoms with Gasteiger partial charge >= 0.3 is 0 Å². The molecule has 0 aliphatic carbocycles. The molecule has 5 rings (SSSR count). The van der Waals surface area contributed by atoms with Gasteiger partial charge in [0.1, 0.15) is 11.3 Å². The average Bonchev–Trinajstić information content (AvgIpc) is 3.37. The number of fused-ring (bicyclic) bond motifs is 1. The van der Waals surface area contributed by atoms with E-state index in [2.05, 4.69) is 25.1 Å². The van der Waals surface area contributed by atoms with Gasteiger partial charge in [0, 0.05) is 19.1 Å². The second-order valence-corrected chi connectivity index (χ2v) is 7.67. The third-order valence-electron chi connectivity index (χ3n) is 5.79. The Bertz CT molecular complexity index is 949. The lowest BCUT2D eigenvalue weighted by atomic mass is 10.0. The fourth-order valence-electron chi connectivity index (χ4n) is 4.27. The molecule has 1 aromatic carbocycles. The first-order valence-corrected chi connectivity index (χ1v) is 10.1. The van der Waals surface area contributed by atoms with Crippen LogP contribution in [-0.4, -0.2) is 44.8 Å². The largest absolute Gasteiger partial charge is 0.423 e. The maximum Gasteiger partial charge on any atom is 0.233 e. The molecule has 28 heavy (non-hydrogen) atoms. The number of rotatable bonds is 4. The maximum absolute atomic E-state index is 14.0. The third-order valence-corrected chi connectivity index (χ3v) is 5.79. The topological polar surface area (TPSA) is 80.1 Å². The Morgan fingerprint density at radius 2 is 1.96 bits per heavy atom. The number of benzene rings is 1. The molecule has 148 valence electrons. The number of aromatic amines is 1. The summed E-state index contributed by atoms with van der Waals surface area (Å²) in [6.45, 7) is 3.04. The zero-order valence-electron chi connectivity index (χ0n) is 15.7. The van der Waals surface area contributed by atoms with Gasteiger partial charge in [-0.1, -0.05) is 12.5 Å². The first-order chi connectivity index (χ1) is 13.8. The Balaban J connectivity index is 1.36. The lowest BCUT2D eigenvalue weighted by Gasteiger charge is -2.32. The number of para-hydroxylation sites is 1. The van der Waals surface area contributed by atoms with Crippen LogP contribution in [0.4, 0.5) is 4.39 Å². The van der Waals surface area contributed by atoms with Crippen molar-refractivity contribution in [2.45, 2.75) is 50.6 Å². The summed E-state index contributed by atoms with van der Waals surface area (Å²) < 4.78 is 25.5. The van der Waals surface area contributed by atoms with E-state index in [0.717, 1.165) is 69.1 Å². The molecule has 0 unspecified atom stereocenters. The first kappa shape index (κ1) is 17.8. The molecular formula is C20H24FN5O2. The molecule has 0 spiro atoms. The van der Waals surface area contributed by atoms with Crippen LogP contribution < -0.4 is 0 Å². The van der Waals surface area contributed by atoms with Crippen molar-refractivity contribution in [1.29, 1.82) is 0 Å². The number of H-pyrrole nitrogens is 1. The number of hydrogen-bond donors (Lipinski definition) is 1. The van der Waals surface area contributed by atoms with E-state index in [1.807, 2.05) is 6.07 Å². The van der Waals surface area contributed by atoms with Crippen molar-refractivity contribution in [2.75, 3.05) is 19.8 Å². The highest BCUT2D eigenvalue weighted by Gasteiger charge is 2.31. The molecule has 3 aromatic rings. The number of ether oxygens (including phenoxy) is 1. The van der Waals surface area contributed by atoms with Gasteiger partial charge in [0.05, 0.1) is 18.1 Å². The molecular weight excluding hydrogens is 361 g/mol. The van der Waals surface area contributed by atoms with Crippen molar-refractivity contribution in [3.8, 4) is 0 Å². The summed E-state index contributed by atoms with van der Waals surface area (Å²) in [6.07, 6.45) is 5.09. The van der Waals surface area contributed by atoms with Crippen LogP contribution in [0.25, 0.3) is 11.0 Å². The number of halogens is 1. The summed E-state index contributed by atoms with van der Waals surface area (Å²) in [7, 11) is 0. The fourth-order valence-corrected chi connectivity index (χ4v) is 4.27. The van der Waals surface area contributed by atoms with E-state index in [0.29, 0.717) is 23.9 Å². The predicted molar refractivity (Wildman–Crippen MR) is 100 cm³/mol. The quantitative estimate of drug-likeness (QED) is 0.738. The molecule has 7 nitrogen and oxygen atoms in total. The van der Waals surface area contributed by atoms with Gasteiger partial charge < -0.3 is 14.1 Å². The van der Waals surface area contributed by atoms with Crippen molar-refractivity contribution in [1.82, 2.24) is 25.1 Å². The minimum absolute atomic E-state index is 0.0768. The Labute approximate surface area is 162 Å². The van der Waals surface area contributed by atoms with Crippen LogP contribution in [0, 0.1) is 5.82 Å². The third kappa shape index (κ3) is 3.42. The van der Waals surface area contributed by atoms with Crippen LogP contribution in [0.3, 0.4) is 0 Å². The van der Waals surface area contributed by atoms with Crippen molar-refractivity contribution in [2.24, 2.45) is 0 Å². The van der Waals surface area contributed by atoms with Gasteiger partial charge in [0.25, 0.3) is 0 Å². The van der Waals surface area contributed by atoms with Gasteiger partial charge in [-0.3, -0.25) is 4.90 Å². The second-order valence-electron chi connectivity index (χ2n) is 7.67. The molecule has 2 aliphatic rings. The highest BCUT2D eigenvalue weighted by molar-refractivity contribution is 5.75. The average molecular weight is 385 g/mol. The molecule has 2 saturated heterocycles. The van der Waals surface area contributed by atoms with Gasteiger partial charge in [-0.2, -0.15) is 0 Å². The van der Waals surface area contributed by atoms with E-state index in [4.69, 9.17) is 9.15 Å². The smallest absolute Gasteiger partial charge is 0.233 e. The number of nitrogens with zero attached hydrogens (tertiary/aromatic N) is 4. The minimum Gasteiger partial charge on any atom is -0.423 e. The lowest BCUT2D eigenvalue weighted by Crippen LogP contribution is -2.33. The van der Waals surface area contributed by atoms with Crippen LogP contribution in [0.2, 0.25) is 0 Å². The second kappa shape index (κ2) is 7.60. The molecule has 0 bridgehead atoms. The number of aromatic nitrogens is 4. The molecule has 0 saturated carbocycles. The predicted octanol–water partition coefficient (Wildman–Crippen LogP) is 3.71. The molecule has 1 atom stereocenters. The van der Waals surface area contributed by atoms with Crippen LogP contribution in [0.1, 0.15) is 61.7 Å². The highest BCUT2D eigenvalue weighted by Crippen LogP contribution is 2.33. The number of hydrogen-bond acceptors (Lipinski definition) is 6. The maximum atomic E-state index is 14.0. The van der Waals surface area contributed by atoms with Crippen molar-refractivity contribution in [3.05, 3.63) is 41.6 Å². The summed E-state index contributed by atoms with van der Waals surface area (Å²) in [4.78, 5) is 10.0. The highest BCUT2D eigenvalue weighted by atomic mass is 19.1. The fraction of sp³-hybridized carbons (Fsp3) is 0.550. The summed E-state index contributed by atoms with van der Waals surface area (Å²) >= 11 is 0. The number of piperidine rings is 1. The molecule has 2 aliphatic heterocycles. The van der Waals surface area contributed by atoms with E-state index in [-0.39, 0.29) is 11.9 Å². The van der Waals surface area contributed by atoms with Gasteiger partial charge in [-0.15, -0.1) is 10.2 Å². The molecule has 8 heteroatoms. The van der Waals surface area contributed by atoms with E-state index in [1.165, 1.54) is 6.07 Å². The standard InChI is InChI=1S/C20H24FN5O2/c21-14-4-3-5-15-18(14)23-17(22-15)12-26-9-2-1-6-16(26)20-25-24-19(28-20)13-7-10-27-11-8-13/h3-5,13,16H,1-2,6-12H2,(H,22,23)/t16-/m0/s1. The zero-order chi connectivity index (χ0) is 18.9. The van der Waals surface area contributed by atoms with E-state index < -0.39 is 0 Å². The zero-order valence-corrected chi connectivity index (χ0v) is 15.7. The Hall–Kier alpha value is -2.32. The molecule has 2 fully saturated rings. The van der Waals surface area contributed by atoms with Gasteiger partial charge in [0.2, 0.25) is 11.8 Å². The van der Waals surface area contributed by atoms with Crippen LogP contribution >= 0.6 is 0 Å². The number of imidazole rings is 1. The van der Waals surface area contributed by atoms with E-state index >= 15 is 0 Å². The van der Waals surface area contributed by atoms with Crippen LogP contribution in [0.15, 0.2) is 22.6 Å². The minimum atomic E-state index is -0.298. The Morgan fingerprint density at radius 1 is 1.11 bits per heavy atom.